The maximum Gasteiger partial charge on any atom is 0.222 e. The second-order valence-electron chi connectivity index (χ2n) is 5.66. The number of aromatic nitrogens is 4. The van der Waals surface area contributed by atoms with E-state index < -0.39 is 5.82 Å². The summed E-state index contributed by atoms with van der Waals surface area (Å²) < 4.78 is 17.5. The molecule has 0 spiro atoms. The Balaban J connectivity index is 1.88. The van der Waals surface area contributed by atoms with Crippen LogP contribution in [0, 0.1) is 12.4 Å². The number of anilines is 1. The smallest absolute Gasteiger partial charge is 0.222 e. The number of halogens is 1. The highest BCUT2D eigenvalue weighted by atomic mass is 19.1. The zero-order chi connectivity index (χ0) is 17.6. The van der Waals surface area contributed by atoms with Gasteiger partial charge in [0.1, 0.15) is 11.6 Å². The number of nitrogen functional groups attached to an aromatic ring is 1. The summed E-state index contributed by atoms with van der Waals surface area (Å²) in [4.78, 5) is 3.15. The van der Waals surface area contributed by atoms with Crippen LogP contribution in [0.3, 0.4) is 0 Å². The van der Waals surface area contributed by atoms with E-state index in [1.165, 1.54) is 12.1 Å². The molecule has 0 aliphatic carbocycles. The summed E-state index contributed by atoms with van der Waals surface area (Å²) in [6.45, 7) is 6.96. The number of benzene rings is 2. The van der Waals surface area contributed by atoms with Crippen molar-refractivity contribution in [1.29, 1.82) is 0 Å². The molecule has 7 heteroatoms. The molecule has 6 nitrogen and oxygen atoms in total. The minimum absolute atomic E-state index is 0.0143. The van der Waals surface area contributed by atoms with Gasteiger partial charge in [-0.25, -0.2) is 13.9 Å². The van der Waals surface area contributed by atoms with Gasteiger partial charge < -0.3 is 5.73 Å². The van der Waals surface area contributed by atoms with E-state index in [4.69, 9.17) is 12.3 Å². The fraction of sp³-hybridized carbons (Fsp3) is 0.0556. The Labute approximate surface area is 142 Å². The highest BCUT2D eigenvalue weighted by molar-refractivity contribution is 5.81. The van der Waals surface area contributed by atoms with Crippen LogP contribution in [0.25, 0.3) is 32.7 Å². The van der Waals surface area contributed by atoms with E-state index in [2.05, 4.69) is 15.0 Å². The Morgan fingerprint density at radius 3 is 2.76 bits per heavy atom. The second kappa shape index (κ2) is 5.46. The van der Waals surface area contributed by atoms with Crippen LogP contribution >= 0.6 is 0 Å². The van der Waals surface area contributed by atoms with Crippen molar-refractivity contribution in [3.63, 3.8) is 0 Å². The molecule has 2 heterocycles. The highest BCUT2D eigenvalue weighted by Gasteiger charge is 2.13. The monoisotopic (exact) mass is 332 g/mol. The van der Waals surface area contributed by atoms with Gasteiger partial charge in [0.25, 0.3) is 0 Å². The van der Waals surface area contributed by atoms with Gasteiger partial charge in [0.15, 0.2) is 0 Å². The largest absolute Gasteiger partial charge is 0.382 e. The third kappa shape index (κ3) is 2.40. The molecular formula is C18H13FN6. The predicted octanol–water partition coefficient (Wildman–Crippen LogP) is 3.70. The molecule has 0 amide bonds. The van der Waals surface area contributed by atoms with Gasteiger partial charge in [0, 0.05) is 24.1 Å². The molecular weight excluding hydrogens is 319 g/mol. The van der Waals surface area contributed by atoms with E-state index in [9.17, 15) is 4.39 Å². The van der Waals surface area contributed by atoms with E-state index in [1.807, 2.05) is 25.2 Å². The quantitative estimate of drug-likeness (QED) is 0.569. The topological polar surface area (TPSA) is 66.0 Å². The first kappa shape index (κ1) is 14.9. The molecule has 0 unspecified atom stereocenters. The molecule has 2 aromatic heterocycles. The van der Waals surface area contributed by atoms with Gasteiger partial charge in [-0.05, 0) is 24.3 Å². The Morgan fingerprint density at radius 2 is 2.00 bits per heavy atom. The van der Waals surface area contributed by atoms with Gasteiger partial charge in [-0.15, -0.1) is 0 Å². The van der Waals surface area contributed by atoms with Crippen LogP contribution in [0.15, 0.2) is 48.7 Å². The van der Waals surface area contributed by atoms with Crippen molar-refractivity contribution in [2.45, 2.75) is 0 Å². The van der Waals surface area contributed by atoms with Gasteiger partial charge in [-0.1, -0.05) is 12.1 Å². The summed E-state index contributed by atoms with van der Waals surface area (Å²) in [5.41, 5.74) is 8.90. The van der Waals surface area contributed by atoms with Crippen molar-refractivity contribution in [2.24, 2.45) is 7.05 Å². The van der Waals surface area contributed by atoms with E-state index in [-0.39, 0.29) is 5.69 Å². The molecule has 0 saturated carbocycles. The first-order valence-electron chi connectivity index (χ1n) is 7.52. The average Bonchev–Trinajstić information content (AvgIpc) is 3.18. The van der Waals surface area contributed by atoms with Crippen molar-refractivity contribution in [3.8, 4) is 16.9 Å². The van der Waals surface area contributed by atoms with Crippen LogP contribution in [0.1, 0.15) is 0 Å². The molecule has 0 radical (unpaired) electrons. The fourth-order valence-electron chi connectivity index (χ4n) is 2.84. The number of fused-ring (bicyclic) bond motifs is 1. The van der Waals surface area contributed by atoms with Gasteiger partial charge in [0.2, 0.25) is 5.69 Å². The maximum absolute atomic E-state index is 14.0. The van der Waals surface area contributed by atoms with Crippen molar-refractivity contribution in [1.82, 2.24) is 19.6 Å². The van der Waals surface area contributed by atoms with Gasteiger partial charge in [-0.2, -0.15) is 10.2 Å². The zero-order valence-corrected chi connectivity index (χ0v) is 13.3. The minimum atomic E-state index is -0.568. The number of nitrogens with zero attached hydrogens (tertiary/aromatic N) is 5. The number of aryl methyl sites for hydroxylation is 1. The number of hydrogen-bond acceptors (Lipinski definition) is 3. The third-order valence-corrected chi connectivity index (χ3v) is 4.07. The van der Waals surface area contributed by atoms with Gasteiger partial charge in [-0.3, -0.25) is 4.68 Å². The zero-order valence-electron chi connectivity index (χ0n) is 13.3. The van der Waals surface area contributed by atoms with Gasteiger partial charge in [0.05, 0.1) is 29.7 Å². The fourth-order valence-corrected chi connectivity index (χ4v) is 2.84. The Kier molecular flexibility index (Phi) is 3.25. The van der Waals surface area contributed by atoms with E-state index in [0.717, 1.165) is 16.6 Å². The molecule has 0 aliphatic rings. The van der Waals surface area contributed by atoms with Crippen LogP contribution < -0.4 is 5.73 Å². The van der Waals surface area contributed by atoms with Crippen LogP contribution in [0.5, 0.6) is 0 Å². The molecule has 25 heavy (non-hydrogen) atoms. The predicted molar refractivity (Wildman–Crippen MR) is 93.9 cm³/mol. The lowest BCUT2D eigenvalue weighted by Crippen LogP contribution is -2.00. The average molecular weight is 332 g/mol. The molecule has 4 rings (SSSR count). The lowest BCUT2D eigenvalue weighted by molar-refractivity contribution is 0.634. The Hall–Kier alpha value is -3.66. The van der Waals surface area contributed by atoms with Gasteiger partial charge >= 0.3 is 0 Å². The summed E-state index contributed by atoms with van der Waals surface area (Å²) in [5.74, 6) is -0.238. The highest BCUT2D eigenvalue weighted by Crippen LogP contribution is 2.29. The van der Waals surface area contributed by atoms with Crippen LogP contribution in [0.4, 0.5) is 15.9 Å². The van der Waals surface area contributed by atoms with Crippen LogP contribution in [-0.2, 0) is 7.05 Å². The number of nitrogens with two attached hydrogens (primary N) is 1. The normalized spacial score (nSPS) is 10.9. The molecule has 2 N–H and O–H groups in total. The van der Waals surface area contributed by atoms with Crippen LogP contribution in [-0.4, -0.2) is 19.6 Å². The van der Waals surface area contributed by atoms with Crippen molar-refractivity contribution in [2.75, 3.05) is 5.73 Å². The molecule has 0 aliphatic heterocycles. The van der Waals surface area contributed by atoms with E-state index in [1.54, 1.807) is 27.7 Å². The van der Waals surface area contributed by atoms with E-state index in [0.29, 0.717) is 17.1 Å². The van der Waals surface area contributed by atoms with Crippen LogP contribution in [0.2, 0.25) is 0 Å². The number of rotatable bonds is 2. The molecule has 122 valence electrons. The summed E-state index contributed by atoms with van der Waals surface area (Å²) in [7, 11) is 1.88. The van der Waals surface area contributed by atoms with Crippen molar-refractivity contribution in [3.05, 3.63) is 65.9 Å². The SMILES string of the molecule is [C-]#[N+]c1ccc(-c2cc(N)nn2-c2ccc3c(cnn3C)c2)cc1F. The third-order valence-electron chi connectivity index (χ3n) is 4.07. The summed E-state index contributed by atoms with van der Waals surface area (Å²) in [6, 6.07) is 11.9. The molecule has 0 fully saturated rings. The molecule has 0 atom stereocenters. The molecule has 2 aromatic carbocycles. The van der Waals surface area contributed by atoms with Crippen molar-refractivity contribution < 1.29 is 4.39 Å². The first-order chi connectivity index (χ1) is 12.1. The lowest BCUT2D eigenvalue weighted by Gasteiger charge is -2.08. The minimum Gasteiger partial charge on any atom is -0.382 e. The summed E-state index contributed by atoms with van der Waals surface area (Å²) in [6.07, 6.45) is 1.77. The first-order valence-corrected chi connectivity index (χ1v) is 7.52. The Morgan fingerprint density at radius 1 is 1.16 bits per heavy atom. The maximum atomic E-state index is 14.0. The summed E-state index contributed by atoms with van der Waals surface area (Å²) in [5, 5.41) is 9.53. The molecule has 0 saturated heterocycles. The lowest BCUT2D eigenvalue weighted by atomic mass is 10.1. The summed E-state index contributed by atoms with van der Waals surface area (Å²) >= 11 is 0. The standard InChI is InChI=1S/C18H13FN6/c1-21-15-5-3-11(8-14(15)19)17-9-18(20)23-25(17)13-4-6-16-12(7-13)10-22-24(16)2/h3-10H,2H3,(H2,20,23). The Bertz CT molecular complexity index is 1150. The molecule has 0 bridgehead atoms. The van der Waals surface area contributed by atoms with E-state index >= 15 is 0 Å². The number of hydrogen-bond donors (Lipinski definition) is 1. The second-order valence-corrected chi connectivity index (χ2v) is 5.66. The molecule has 4 aromatic rings. The van der Waals surface area contributed by atoms with Crippen molar-refractivity contribution >= 4 is 22.4 Å².